The Labute approximate surface area is 138 Å². The van der Waals surface area contributed by atoms with Gasteiger partial charge in [0.25, 0.3) is 0 Å². The van der Waals surface area contributed by atoms with Gasteiger partial charge < -0.3 is 20.1 Å². The van der Waals surface area contributed by atoms with Crippen LogP contribution >= 0.6 is 0 Å². The molecule has 0 bridgehead atoms. The van der Waals surface area contributed by atoms with Crippen LogP contribution in [0.4, 0.5) is 4.79 Å². The first kappa shape index (κ1) is 18.0. The average molecular weight is 327 g/mol. The molecule has 0 unspecified atom stereocenters. The molecule has 2 amide bonds. The summed E-state index contributed by atoms with van der Waals surface area (Å²) in [6, 6.07) is 0.648. The summed E-state index contributed by atoms with van der Waals surface area (Å²) in [7, 11) is 1.83. The number of amides is 2. The van der Waals surface area contributed by atoms with E-state index in [1.807, 2.05) is 25.8 Å². The summed E-state index contributed by atoms with van der Waals surface area (Å²) >= 11 is 0. The fourth-order valence-corrected chi connectivity index (χ4v) is 3.34. The number of urea groups is 1. The van der Waals surface area contributed by atoms with Crippen molar-refractivity contribution >= 4 is 12.0 Å². The third-order valence-corrected chi connectivity index (χ3v) is 5.04. The van der Waals surface area contributed by atoms with Crippen LogP contribution in [0.2, 0.25) is 0 Å². The van der Waals surface area contributed by atoms with Crippen molar-refractivity contribution in [2.24, 2.45) is 0 Å². The van der Waals surface area contributed by atoms with E-state index in [0.717, 1.165) is 38.8 Å². The summed E-state index contributed by atoms with van der Waals surface area (Å²) in [6.07, 6.45) is 3.77. The van der Waals surface area contributed by atoms with E-state index in [1.54, 1.807) is 4.90 Å². The predicted octanol–water partition coefficient (Wildman–Crippen LogP) is 1.13. The molecule has 2 aliphatic carbocycles. The van der Waals surface area contributed by atoms with Gasteiger partial charge in [-0.2, -0.15) is 0 Å². The molecular formula is C16H29N3O4. The number of carboxylic acid groups (broad SMARTS) is 1. The summed E-state index contributed by atoms with van der Waals surface area (Å²) in [5.41, 5.74) is 0. The fraction of sp³-hybridized carbons (Fsp3) is 0.875. The van der Waals surface area contributed by atoms with Gasteiger partial charge in [0.15, 0.2) is 0 Å². The number of ether oxygens (including phenoxy) is 1. The zero-order valence-electron chi connectivity index (χ0n) is 14.3. The standard InChI is InChI=1S/C16H29N3O4/c1-4-19(10-15(20)21)13-6-11(7-13)17-16(22)18(3)12-8-14(9-12)23-5-2/h11-14H,4-10H2,1-3H3,(H,17,22)(H,20,21). The third-order valence-electron chi connectivity index (χ3n) is 5.04. The maximum absolute atomic E-state index is 12.2. The summed E-state index contributed by atoms with van der Waals surface area (Å²) in [6.45, 7) is 5.47. The molecule has 0 spiro atoms. The zero-order valence-corrected chi connectivity index (χ0v) is 14.3. The first-order valence-electron chi connectivity index (χ1n) is 8.55. The summed E-state index contributed by atoms with van der Waals surface area (Å²) in [4.78, 5) is 26.8. The molecule has 7 heteroatoms. The Hall–Kier alpha value is -1.34. The number of nitrogens with zero attached hydrogens (tertiary/aromatic N) is 2. The van der Waals surface area contributed by atoms with Crippen LogP contribution in [0.5, 0.6) is 0 Å². The van der Waals surface area contributed by atoms with E-state index >= 15 is 0 Å². The lowest BCUT2D eigenvalue weighted by atomic mass is 9.85. The van der Waals surface area contributed by atoms with Gasteiger partial charge in [-0.1, -0.05) is 6.92 Å². The second kappa shape index (κ2) is 7.97. The Morgan fingerprint density at radius 1 is 1.17 bits per heavy atom. The first-order valence-corrected chi connectivity index (χ1v) is 8.55. The molecule has 0 aromatic rings. The number of nitrogens with one attached hydrogen (secondary N) is 1. The lowest BCUT2D eigenvalue weighted by molar-refractivity contribution is -0.139. The van der Waals surface area contributed by atoms with E-state index < -0.39 is 5.97 Å². The van der Waals surface area contributed by atoms with Crippen LogP contribution in [0.3, 0.4) is 0 Å². The molecule has 0 radical (unpaired) electrons. The SMILES string of the molecule is CCOC1CC(N(C)C(=O)NC2CC(N(CC)CC(=O)O)C2)C1. The van der Waals surface area contributed by atoms with Crippen LogP contribution in [-0.4, -0.2) is 77.9 Å². The Morgan fingerprint density at radius 2 is 1.83 bits per heavy atom. The number of aliphatic carboxylic acids is 1. The summed E-state index contributed by atoms with van der Waals surface area (Å²) in [5.74, 6) is -0.798. The highest BCUT2D eigenvalue weighted by Crippen LogP contribution is 2.29. The minimum atomic E-state index is -0.798. The third kappa shape index (κ3) is 4.57. The van der Waals surface area contributed by atoms with Gasteiger partial charge in [0.2, 0.25) is 0 Å². The van der Waals surface area contributed by atoms with Crippen LogP contribution in [0, 0.1) is 0 Å². The zero-order chi connectivity index (χ0) is 17.0. The van der Waals surface area contributed by atoms with E-state index in [1.165, 1.54) is 0 Å². The molecule has 0 aromatic carbocycles. The van der Waals surface area contributed by atoms with Crippen LogP contribution in [-0.2, 0) is 9.53 Å². The first-order chi connectivity index (χ1) is 10.9. The number of rotatable bonds is 8. The van der Waals surface area contributed by atoms with E-state index in [2.05, 4.69) is 5.32 Å². The topological polar surface area (TPSA) is 82.1 Å². The fourth-order valence-electron chi connectivity index (χ4n) is 3.34. The van der Waals surface area contributed by atoms with Crippen molar-refractivity contribution in [2.75, 3.05) is 26.7 Å². The molecule has 23 heavy (non-hydrogen) atoms. The second-order valence-corrected chi connectivity index (χ2v) is 6.54. The van der Waals surface area contributed by atoms with Crippen molar-refractivity contribution in [3.8, 4) is 0 Å². The minimum absolute atomic E-state index is 0.0327. The molecule has 0 saturated heterocycles. The molecule has 7 nitrogen and oxygen atoms in total. The molecule has 2 fully saturated rings. The molecular weight excluding hydrogens is 298 g/mol. The molecule has 0 heterocycles. The molecule has 132 valence electrons. The lowest BCUT2D eigenvalue weighted by Gasteiger charge is -2.44. The second-order valence-electron chi connectivity index (χ2n) is 6.54. The molecule has 2 N–H and O–H groups in total. The molecule has 0 aliphatic heterocycles. The summed E-state index contributed by atoms with van der Waals surface area (Å²) in [5, 5.41) is 11.9. The number of carbonyl (C=O) groups is 2. The van der Waals surface area contributed by atoms with Gasteiger partial charge in [-0.05, 0) is 39.2 Å². The highest BCUT2D eigenvalue weighted by molar-refractivity contribution is 5.75. The van der Waals surface area contributed by atoms with Gasteiger partial charge in [-0.15, -0.1) is 0 Å². The Bertz CT molecular complexity index is 420. The minimum Gasteiger partial charge on any atom is -0.480 e. The van der Waals surface area contributed by atoms with Crippen LogP contribution in [0.25, 0.3) is 0 Å². The Balaban J connectivity index is 1.67. The Morgan fingerprint density at radius 3 is 2.35 bits per heavy atom. The van der Waals surface area contributed by atoms with Gasteiger partial charge >= 0.3 is 12.0 Å². The highest BCUT2D eigenvalue weighted by atomic mass is 16.5. The Kier molecular flexibility index (Phi) is 6.24. The van der Waals surface area contributed by atoms with E-state index in [4.69, 9.17) is 9.84 Å². The largest absolute Gasteiger partial charge is 0.480 e. The molecule has 0 atom stereocenters. The molecule has 2 rings (SSSR count). The van der Waals surface area contributed by atoms with Gasteiger partial charge in [-0.25, -0.2) is 4.79 Å². The van der Waals surface area contributed by atoms with Crippen LogP contribution < -0.4 is 5.32 Å². The van der Waals surface area contributed by atoms with E-state index in [0.29, 0.717) is 6.10 Å². The monoisotopic (exact) mass is 327 g/mol. The van der Waals surface area contributed by atoms with Crippen molar-refractivity contribution in [1.29, 1.82) is 0 Å². The van der Waals surface area contributed by atoms with E-state index in [9.17, 15) is 9.59 Å². The van der Waals surface area contributed by atoms with Crippen molar-refractivity contribution in [1.82, 2.24) is 15.1 Å². The summed E-state index contributed by atoms with van der Waals surface area (Å²) < 4.78 is 5.52. The number of hydrogen-bond donors (Lipinski definition) is 2. The van der Waals surface area contributed by atoms with Crippen molar-refractivity contribution in [3.63, 3.8) is 0 Å². The van der Waals surface area contributed by atoms with Gasteiger partial charge in [-0.3, -0.25) is 9.69 Å². The van der Waals surface area contributed by atoms with Crippen molar-refractivity contribution in [2.45, 2.75) is 63.8 Å². The quantitative estimate of drug-likeness (QED) is 0.698. The lowest BCUT2D eigenvalue weighted by Crippen LogP contribution is -2.58. The van der Waals surface area contributed by atoms with E-state index in [-0.39, 0.29) is 30.7 Å². The molecule has 2 aliphatic rings. The van der Waals surface area contributed by atoms with Crippen LogP contribution in [0.1, 0.15) is 39.5 Å². The highest BCUT2D eigenvalue weighted by Gasteiger charge is 2.38. The van der Waals surface area contributed by atoms with Gasteiger partial charge in [0, 0.05) is 31.8 Å². The predicted molar refractivity (Wildman–Crippen MR) is 86.4 cm³/mol. The average Bonchev–Trinajstić information content (AvgIpc) is 2.42. The number of hydrogen-bond acceptors (Lipinski definition) is 4. The number of carbonyl (C=O) groups excluding carboxylic acids is 1. The van der Waals surface area contributed by atoms with Gasteiger partial charge in [0.05, 0.1) is 12.6 Å². The normalized spacial score (nSPS) is 29.6. The van der Waals surface area contributed by atoms with Crippen LogP contribution in [0.15, 0.2) is 0 Å². The number of likely N-dealkylation sites (N-methyl/N-ethyl adjacent to an activating group) is 1. The maximum atomic E-state index is 12.2. The molecule has 0 aromatic heterocycles. The smallest absolute Gasteiger partial charge is 0.317 e. The molecule has 2 saturated carbocycles. The van der Waals surface area contributed by atoms with Gasteiger partial charge in [0.1, 0.15) is 0 Å². The maximum Gasteiger partial charge on any atom is 0.317 e. The van der Waals surface area contributed by atoms with Crippen molar-refractivity contribution < 1.29 is 19.4 Å². The van der Waals surface area contributed by atoms with Crippen molar-refractivity contribution in [3.05, 3.63) is 0 Å². The number of carboxylic acids is 1.